The van der Waals surface area contributed by atoms with Crippen molar-refractivity contribution in [1.29, 1.82) is 0 Å². The summed E-state index contributed by atoms with van der Waals surface area (Å²) in [6.07, 6.45) is 12.1. The van der Waals surface area contributed by atoms with Crippen LogP contribution in [-0.2, 0) is 25.7 Å². The molecule has 162 valence electrons. The molecule has 0 aliphatic rings. The molecular weight excluding hydrogens is 364 g/mol. The highest BCUT2D eigenvalue weighted by Gasteiger charge is 2.03. The van der Waals surface area contributed by atoms with E-state index >= 15 is 0 Å². The van der Waals surface area contributed by atoms with Gasteiger partial charge in [-0.1, -0.05) is 66.0 Å². The van der Waals surface area contributed by atoms with Crippen LogP contribution in [0.1, 0.15) is 89.0 Å². The molecule has 0 aliphatic carbocycles. The molecule has 0 amide bonds. The fourth-order valence-electron chi connectivity index (χ4n) is 3.64. The third-order valence-electron chi connectivity index (χ3n) is 5.63. The molecule has 0 spiro atoms. The van der Waals surface area contributed by atoms with Crippen molar-refractivity contribution in [2.24, 2.45) is 9.98 Å². The zero-order valence-corrected chi connectivity index (χ0v) is 19.8. The fraction of sp³-hybridized carbons (Fsp3) is 0.500. The summed E-state index contributed by atoms with van der Waals surface area (Å²) in [5.41, 5.74) is 8.62. The third-order valence-corrected chi connectivity index (χ3v) is 5.63. The van der Waals surface area contributed by atoms with Gasteiger partial charge in [0.1, 0.15) is 0 Å². The van der Waals surface area contributed by atoms with Crippen molar-refractivity contribution in [2.45, 2.75) is 92.4 Å². The zero-order valence-electron chi connectivity index (χ0n) is 19.8. The number of hydrogen-bond donors (Lipinski definition) is 0. The number of aryl methyl sites for hydroxylation is 4. The highest BCUT2D eigenvalue weighted by molar-refractivity contribution is 6.31. The Labute approximate surface area is 184 Å². The summed E-state index contributed by atoms with van der Waals surface area (Å²) in [5.74, 6) is 0. The van der Waals surface area contributed by atoms with Crippen molar-refractivity contribution < 1.29 is 0 Å². The Morgan fingerprint density at radius 1 is 0.633 bits per heavy atom. The molecule has 0 saturated heterocycles. The minimum atomic E-state index is 0.982. The summed E-state index contributed by atoms with van der Waals surface area (Å²) in [7, 11) is 0. The lowest BCUT2D eigenvalue weighted by atomic mass is 10.1. The molecule has 0 aliphatic heterocycles. The number of nitrogens with zero attached hydrogens (tertiary/aromatic N) is 2. The molecule has 0 unspecified atom stereocenters. The van der Waals surface area contributed by atoms with E-state index in [1.807, 2.05) is 6.21 Å². The van der Waals surface area contributed by atoms with Crippen LogP contribution in [0.5, 0.6) is 0 Å². The van der Waals surface area contributed by atoms with Crippen molar-refractivity contribution >= 4 is 23.3 Å². The average molecular weight is 405 g/mol. The molecule has 30 heavy (non-hydrogen) atoms. The van der Waals surface area contributed by atoms with Gasteiger partial charge in [-0.3, -0.25) is 9.98 Å². The molecule has 2 heteroatoms. The largest absolute Gasteiger partial charge is 0.255 e. The SMILES string of the molecule is CCCCCCC(C=Nc1cc(CC)cc(CC)c1)=Nc1cc(CC)cc(CC)c1. The van der Waals surface area contributed by atoms with E-state index in [0.29, 0.717) is 0 Å². The Morgan fingerprint density at radius 3 is 1.60 bits per heavy atom. The highest BCUT2D eigenvalue weighted by atomic mass is 14.8. The molecule has 0 atom stereocenters. The standard InChI is InChI=1S/C28H40N2/c1-6-11-12-13-14-26(30-28-19-24(9-4)16-25(10-5)20-28)21-29-27-17-22(7-2)15-23(8-3)18-27/h15-21H,6-14H2,1-5H3. The molecule has 0 bridgehead atoms. The smallest absolute Gasteiger partial charge is 0.0639 e. The quantitative estimate of drug-likeness (QED) is 0.251. The van der Waals surface area contributed by atoms with Crippen LogP contribution in [0.3, 0.4) is 0 Å². The summed E-state index contributed by atoms with van der Waals surface area (Å²) in [4.78, 5) is 9.89. The molecule has 2 rings (SSSR count). The van der Waals surface area contributed by atoms with Crippen LogP contribution < -0.4 is 0 Å². The first-order chi connectivity index (χ1) is 14.6. The summed E-state index contributed by atoms with van der Waals surface area (Å²) in [6.45, 7) is 11.1. The van der Waals surface area contributed by atoms with Crippen LogP contribution in [0.4, 0.5) is 11.4 Å². The summed E-state index contributed by atoms with van der Waals surface area (Å²) in [5, 5.41) is 0. The van der Waals surface area contributed by atoms with Crippen LogP contribution >= 0.6 is 0 Å². The maximum atomic E-state index is 5.04. The van der Waals surface area contributed by atoms with Crippen molar-refractivity contribution in [1.82, 2.24) is 0 Å². The lowest BCUT2D eigenvalue weighted by Gasteiger charge is -2.07. The topological polar surface area (TPSA) is 24.7 Å². The first-order valence-corrected chi connectivity index (χ1v) is 12.0. The Bertz CT molecular complexity index is 801. The molecule has 0 radical (unpaired) electrons. The Morgan fingerprint density at radius 2 is 1.13 bits per heavy atom. The molecule has 0 heterocycles. The first kappa shape index (κ1) is 24.1. The minimum absolute atomic E-state index is 0.982. The third kappa shape index (κ3) is 7.89. The lowest BCUT2D eigenvalue weighted by Crippen LogP contribution is -2.00. The average Bonchev–Trinajstić information content (AvgIpc) is 2.79. The Balaban J connectivity index is 2.33. The van der Waals surface area contributed by atoms with E-state index in [1.165, 1.54) is 47.9 Å². The van der Waals surface area contributed by atoms with Crippen LogP contribution in [0, 0.1) is 0 Å². The number of aliphatic imine (C=N–C) groups is 2. The molecule has 0 aromatic heterocycles. The maximum absolute atomic E-state index is 5.04. The fourth-order valence-corrected chi connectivity index (χ4v) is 3.64. The van der Waals surface area contributed by atoms with Gasteiger partial charge in [0.25, 0.3) is 0 Å². The van der Waals surface area contributed by atoms with E-state index < -0.39 is 0 Å². The molecular formula is C28H40N2. The number of unbranched alkanes of at least 4 members (excludes halogenated alkanes) is 3. The second-order valence-electron chi connectivity index (χ2n) is 8.10. The first-order valence-electron chi connectivity index (χ1n) is 12.0. The van der Waals surface area contributed by atoms with Crippen LogP contribution in [-0.4, -0.2) is 11.9 Å². The van der Waals surface area contributed by atoms with Gasteiger partial charge in [0, 0.05) is 6.21 Å². The van der Waals surface area contributed by atoms with Gasteiger partial charge in [0.15, 0.2) is 0 Å². The molecule has 2 aromatic rings. The van der Waals surface area contributed by atoms with Gasteiger partial charge in [-0.25, -0.2) is 0 Å². The normalized spacial score (nSPS) is 12.1. The second-order valence-corrected chi connectivity index (χ2v) is 8.10. The van der Waals surface area contributed by atoms with E-state index in [4.69, 9.17) is 9.98 Å². The predicted octanol–water partition coefficient (Wildman–Crippen LogP) is 8.38. The van der Waals surface area contributed by atoms with Gasteiger partial charge in [0.05, 0.1) is 17.1 Å². The van der Waals surface area contributed by atoms with Crippen molar-refractivity contribution in [3.8, 4) is 0 Å². The number of rotatable bonds is 12. The van der Waals surface area contributed by atoms with E-state index in [-0.39, 0.29) is 0 Å². The van der Waals surface area contributed by atoms with Gasteiger partial charge in [-0.05, 0) is 85.0 Å². The minimum Gasteiger partial charge on any atom is -0.255 e. The van der Waals surface area contributed by atoms with Crippen LogP contribution in [0.25, 0.3) is 0 Å². The summed E-state index contributed by atoms with van der Waals surface area (Å²) < 4.78 is 0. The zero-order chi connectivity index (χ0) is 21.8. The number of benzene rings is 2. The van der Waals surface area contributed by atoms with Crippen molar-refractivity contribution in [2.75, 3.05) is 0 Å². The molecule has 0 N–H and O–H groups in total. The van der Waals surface area contributed by atoms with E-state index in [9.17, 15) is 0 Å². The van der Waals surface area contributed by atoms with Gasteiger partial charge in [0.2, 0.25) is 0 Å². The predicted molar refractivity (Wildman–Crippen MR) is 134 cm³/mol. The van der Waals surface area contributed by atoms with Gasteiger partial charge < -0.3 is 0 Å². The van der Waals surface area contributed by atoms with Gasteiger partial charge in [-0.15, -0.1) is 0 Å². The molecule has 0 saturated carbocycles. The van der Waals surface area contributed by atoms with Crippen LogP contribution in [0.2, 0.25) is 0 Å². The second kappa shape index (κ2) is 13.2. The Kier molecular flexibility index (Phi) is 10.5. The Hall–Kier alpha value is -2.22. The molecule has 0 fully saturated rings. The monoisotopic (exact) mass is 404 g/mol. The van der Waals surface area contributed by atoms with Crippen molar-refractivity contribution in [3.63, 3.8) is 0 Å². The van der Waals surface area contributed by atoms with Gasteiger partial charge >= 0.3 is 0 Å². The van der Waals surface area contributed by atoms with E-state index in [2.05, 4.69) is 71.0 Å². The summed E-state index contributed by atoms with van der Waals surface area (Å²) in [6, 6.07) is 13.5. The van der Waals surface area contributed by atoms with Gasteiger partial charge in [-0.2, -0.15) is 0 Å². The molecule has 2 aromatic carbocycles. The lowest BCUT2D eigenvalue weighted by molar-refractivity contribution is 0.684. The van der Waals surface area contributed by atoms with E-state index in [1.54, 1.807) is 0 Å². The number of hydrogen-bond acceptors (Lipinski definition) is 2. The van der Waals surface area contributed by atoms with Crippen molar-refractivity contribution in [3.05, 3.63) is 58.7 Å². The maximum Gasteiger partial charge on any atom is 0.0639 e. The van der Waals surface area contributed by atoms with Crippen LogP contribution in [0.15, 0.2) is 46.4 Å². The van der Waals surface area contributed by atoms with E-state index in [0.717, 1.165) is 49.2 Å². The highest BCUT2D eigenvalue weighted by Crippen LogP contribution is 2.22. The molecule has 2 nitrogen and oxygen atoms in total. The summed E-state index contributed by atoms with van der Waals surface area (Å²) >= 11 is 0.